The van der Waals surface area contributed by atoms with Gasteiger partial charge in [0.25, 0.3) is 5.91 Å². The van der Waals surface area contributed by atoms with Crippen molar-refractivity contribution in [3.8, 4) is 0 Å². The van der Waals surface area contributed by atoms with Crippen LogP contribution in [0.4, 0.5) is 13.6 Å². The highest BCUT2D eigenvalue weighted by Gasteiger charge is 2.49. The van der Waals surface area contributed by atoms with Crippen LogP contribution in [0.25, 0.3) is 0 Å². The maximum Gasteiger partial charge on any atom is 0.407 e. The number of halogens is 2. The molecular formula is C16H22F2N2O4. The number of aliphatic hydroxyl groups is 1. The molecule has 0 saturated carbocycles. The van der Waals surface area contributed by atoms with Crippen molar-refractivity contribution in [1.29, 1.82) is 0 Å². The standard InChI is InChI=1S/C16H22F2N2O4/c1-10(2)8-12(13(21)16(17,18)14(19)22)20-15(23)24-9-11-6-4-3-5-7-11/h3-7,10,12-13,21H,8-9H2,1-2H3,(H2,19,22)(H,20,23). The van der Waals surface area contributed by atoms with Crippen LogP contribution >= 0.6 is 0 Å². The van der Waals surface area contributed by atoms with Crippen LogP contribution in [0.2, 0.25) is 0 Å². The van der Waals surface area contributed by atoms with Crippen molar-refractivity contribution < 1.29 is 28.2 Å². The van der Waals surface area contributed by atoms with Crippen LogP contribution in [-0.4, -0.2) is 35.2 Å². The lowest BCUT2D eigenvalue weighted by atomic mass is 9.95. The van der Waals surface area contributed by atoms with E-state index in [9.17, 15) is 23.5 Å². The second-order valence-corrected chi connectivity index (χ2v) is 5.87. The second-order valence-electron chi connectivity index (χ2n) is 5.87. The minimum atomic E-state index is -4.16. The summed E-state index contributed by atoms with van der Waals surface area (Å²) in [4.78, 5) is 22.6. The Balaban J connectivity index is 2.71. The summed E-state index contributed by atoms with van der Waals surface area (Å²) in [5.41, 5.74) is 5.33. The van der Waals surface area contributed by atoms with Gasteiger partial charge in [-0.3, -0.25) is 4.79 Å². The van der Waals surface area contributed by atoms with Gasteiger partial charge in [0.1, 0.15) is 12.7 Å². The minimum Gasteiger partial charge on any atom is -0.445 e. The van der Waals surface area contributed by atoms with Gasteiger partial charge in [-0.1, -0.05) is 44.2 Å². The number of alkyl halides is 2. The molecule has 2 unspecified atom stereocenters. The zero-order valence-corrected chi connectivity index (χ0v) is 13.5. The molecule has 24 heavy (non-hydrogen) atoms. The van der Waals surface area contributed by atoms with Gasteiger partial charge < -0.3 is 20.9 Å². The Bertz CT molecular complexity index is 552. The number of benzene rings is 1. The topological polar surface area (TPSA) is 102 Å². The Labute approximate surface area is 139 Å². The molecule has 0 fully saturated rings. The predicted molar refractivity (Wildman–Crippen MR) is 83.2 cm³/mol. The van der Waals surface area contributed by atoms with Gasteiger partial charge in [-0.05, 0) is 17.9 Å². The smallest absolute Gasteiger partial charge is 0.407 e. The normalized spacial score (nSPS) is 14.1. The number of nitrogens with one attached hydrogen (secondary N) is 1. The minimum absolute atomic E-state index is 0.0183. The van der Waals surface area contributed by atoms with Crippen molar-refractivity contribution in [3.05, 3.63) is 35.9 Å². The SMILES string of the molecule is CC(C)CC(NC(=O)OCc1ccccc1)C(O)C(F)(F)C(N)=O. The van der Waals surface area contributed by atoms with Crippen molar-refractivity contribution >= 4 is 12.0 Å². The first-order valence-corrected chi connectivity index (χ1v) is 7.47. The van der Waals surface area contributed by atoms with E-state index in [-0.39, 0.29) is 18.9 Å². The van der Waals surface area contributed by atoms with Crippen LogP contribution in [0.15, 0.2) is 30.3 Å². The van der Waals surface area contributed by atoms with E-state index in [1.807, 2.05) is 0 Å². The van der Waals surface area contributed by atoms with E-state index in [0.29, 0.717) is 0 Å². The van der Waals surface area contributed by atoms with Crippen LogP contribution in [0.5, 0.6) is 0 Å². The monoisotopic (exact) mass is 344 g/mol. The van der Waals surface area contributed by atoms with Crippen LogP contribution in [0.1, 0.15) is 25.8 Å². The van der Waals surface area contributed by atoms with Crippen LogP contribution in [-0.2, 0) is 16.1 Å². The number of amides is 2. The van der Waals surface area contributed by atoms with Gasteiger partial charge in [0.05, 0.1) is 6.04 Å². The molecular weight excluding hydrogens is 322 g/mol. The van der Waals surface area contributed by atoms with E-state index in [4.69, 9.17) is 4.74 Å². The lowest BCUT2D eigenvalue weighted by Crippen LogP contribution is -2.56. The van der Waals surface area contributed by atoms with Gasteiger partial charge in [0.15, 0.2) is 0 Å². The number of aliphatic hydroxyl groups excluding tert-OH is 1. The Kier molecular flexibility index (Phi) is 7.09. The largest absolute Gasteiger partial charge is 0.445 e. The molecule has 2 atom stereocenters. The molecule has 134 valence electrons. The highest BCUT2D eigenvalue weighted by Crippen LogP contribution is 2.24. The van der Waals surface area contributed by atoms with E-state index in [0.717, 1.165) is 5.56 Å². The Morgan fingerprint density at radius 1 is 1.29 bits per heavy atom. The molecule has 0 spiro atoms. The van der Waals surface area contributed by atoms with E-state index < -0.39 is 30.1 Å². The Morgan fingerprint density at radius 2 is 1.88 bits per heavy atom. The maximum atomic E-state index is 13.6. The zero-order chi connectivity index (χ0) is 18.3. The molecule has 0 radical (unpaired) electrons. The molecule has 0 heterocycles. The third-order valence-electron chi connectivity index (χ3n) is 3.32. The summed E-state index contributed by atoms with van der Waals surface area (Å²) in [6.07, 6.45) is -3.39. The molecule has 0 aliphatic carbocycles. The second kappa shape index (κ2) is 8.58. The highest BCUT2D eigenvalue weighted by atomic mass is 19.3. The average Bonchev–Trinajstić information content (AvgIpc) is 2.52. The Morgan fingerprint density at radius 3 is 2.38 bits per heavy atom. The van der Waals surface area contributed by atoms with Gasteiger partial charge in [0, 0.05) is 0 Å². The van der Waals surface area contributed by atoms with Gasteiger partial charge in [-0.2, -0.15) is 8.78 Å². The summed E-state index contributed by atoms with van der Waals surface area (Å²) in [5.74, 6) is -6.24. The molecule has 0 aliphatic rings. The zero-order valence-electron chi connectivity index (χ0n) is 13.5. The average molecular weight is 344 g/mol. The first-order valence-electron chi connectivity index (χ1n) is 7.47. The summed E-state index contributed by atoms with van der Waals surface area (Å²) in [7, 11) is 0. The molecule has 0 bridgehead atoms. The third kappa shape index (κ3) is 5.77. The number of hydrogen-bond acceptors (Lipinski definition) is 4. The van der Waals surface area contributed by atoms with Crippen molar-refractivity contribution in [2.24, 2.45) is 11.7 Å². The van der Waals surface area contributed by atoms with E-state index in [1.54, 1.807) is 44.2 Å². The summed E-state index contributed by atoms with van der Waals surface area (Å²) >= 11 is 0. The molecule has 0 aromatic heterocycles. The highest BCUT2D eigenvalue weighted by molar-refractivity contribution is 5.82. The lowest BCUT2D eigenvalue weighted by molar-refractivity contribution is -0.163. The molecule has 1 rings (SSSR count). The van der Waals surface area contributed by atoms with Gasteiger partial charge in [0.2, 0.25) is 0 Å². The maximum absolute atomic E-state index is 13.6. The molecule has 0 aliphatic heterocycles. The quantitative estimate of drug-likeness (QED) is 0.669. The first-order chi connectivity index (χ1) is 11.1. The fourth-order valence-corrected chi connectivity index (χ4v) is 2.09. The lowest BCUT2D eigenvalue weighted by Gasteiger charge is -2.29. The summed E-state index contributed by atoms with van der Waals surface area (Å²) in [5, 5.41) is 11.9. The molecule has 0 saturated heterocycles. The fourth-order valence-electron chi connectivity index (χ4n) is 2.09. The molecule has 6 nitrogen and oxygen atoms in total. The summed E-state index contributed by atoms with van der Waals surface area (Å²) < 4.78 is 32.2. The molecule has 2 amide bonds. The van der Waals surface area contributed by atoms with Crippen LogP contribution in [0, 0.1) is 5.92 Å². The number of hydrogen-bond donors (Lipinski definition) is 3. The number of rotatable bonds is 8. The van der Waals surface area contributed by atoms with Crippen molar-refractivity contribution in [1.82, 2.24) is 5.32 Å². The number of carbonyl (C=O) groups excluding carboxylic acids is 2. The van der Waals surface area contributed by atoms with Crippen molar-refractivity contribution in [2.45, 2.75) is 44.9 Å². The van der Waals surface area contributed by atoms with Crippen LogP contribution in [0.3, 0.4) is 0 Å². The van der Waals surface area contributed by atoms with Gasteiger partial charge >= 0.3 is 12.0 Å². The van der Waals surface area contributed by atoms with E-state index in [2.05, 4.69) is 11.1 Å². The first kappa shape index (κ1) is 19.8. The number of alkyl carbamates (subject to hydrolysis) is 1. The van der Waals surface area contributed by atoms with Gasteiger partial charge in [-0.25, -0.2) is 4.79 Å². The number of carbonyl (C=O) groups is 2. The molecule has 1 aromatic rings. The van der Waals surface area contributed by atoms with Crippen molar-refractivity contribution in [2.75, 3.05) is 0 Å². The number of nitrogens with two attached hydrogens (primary N) is 1. The van der Waals surface area contributed by atoms with E-state index in [1.165, 1.54) is 0 Å². The van der Waals surface area contributed by atoms with Crippen LogP contribution < -0.4 is 11.1 Å². The number of primary amides is 1. The Hall–Kier alpha value is -2.22. The third-order valence-corrected chi connectivity index (χ3v) is 3.32. The fraction of sp³-hybridized carbons (Fsp3) is 0.500. The van der Waals surface area contributed by atoms with E-state index >= 15 is 0 Å². The molecule has 1 aromatic carbocycles. The molecule has 8 heteroatoms. The van der Waals surface area contributed by atoms with Crippen molar-refractivity contribution in [3.63, 3.8) is 0 Å². The summed E-state index contributed by atoms with van der Waals surface area (Å²) in [6, 6.07) is 7.40. The number of ether oxygens (including phenoxy) is 1. The molecule has 4 N–H and O–H groups in total. The summed E-state index contributed by atoms with van der Waals surface area (Å²) in [6.45, 7) is 3.39. The predicted octanol–water partition coefficient (Wildman–Crippen LogP) is 1.81. The van der Waals surface area contributed by atoms with Gasteiger partial charge in [-0.15, -0.1) is 0 Å².